The van der Waals surface area contributed by atoms with Gasteiger partial charge in [-0.15, -0.1) is 0 Å². The molecule has 3 heteroatoms. The molecule has 0 aliphatic rings. The van der Waals surface area contributed by atoms with Crippen LogP contribution < -0.4 is 10.1 Å². The average Bonchev–Trinajstić information content (AvgIpc) is 2.39. The van der Waals surface area contributed by atoms with Crippen molar-refractivity contribution in [3.63, 3.8) is 0 Å². The molecule has 2 aromatic carbocycles. The van der Waals surface area contributed by atoms with E-state index in [2.05, 4.69) is 33.4 Å². The first kappa shape index (κ1) is 13.9. The zero-order chi connectivity index (χ0) is 13.7. The van der Waals surface area contributed by atoms with Crippen LogP contribution >= 0.6 is 15.9 Å². The fraction of sp³-hybridized carbons (Fsp3) is 0.250. The molecule has 0 saturated carbocycles. The van der Waals surface area contributed by atoms with Crippen LogP contribution in [-0.4, -0.2) is 6.10 Å². The van der Waals surface area contributed by atoms with Gasteiger partial charge in [0.2, 0.25) is 0 Å². The first-order chi connectivity index (χ1) is 9.15. The highest BCUT2D eigenvalue weighted by molar-refractivity contribution is 9.10. The van der Waals surface area contributed by atoms with Gasteiger partial charge >= 0.3 is 0 Å². The molecule has 1 N–H and O–H groups in total. The van der Waals surface area contributed by atoms with Crippen LogP contribution in [-0.2, 0) is 6.54 Å². The molecule has 0 amide bonds. The van der Waals surface area contributed by atoms with Crippen LogP contribution in [0, 0.1) is 0 Å². The molecular weight excluding hydrogens is 302 g/mol. The van der Waals surface area contributed by atoms with Gasteiger partial charge in [-0.05, 0) is 43.7 Å². The van der Waals surface area contributed by atoms with Crippen LogP contribution in [0.2, 0.25) is 0 Å². The summed E-state index contributed by atoms with van der Waals surface area (Å²) in [7, 11) is 0. The van der Waals surface area contributed by atoms with Gasteiger partial charge in [0.05, 0.1) is 11.8 Å². The summed E-state index contributed by atoms with van der Waals surface area (Å²) in [5, 5.41) is 3.41. The molecule has 2 nitrogen and oxygen atoms in total. The molecule has 0 aliphatic carbocycles. The van der Waals surface area contributed by atoms with Gasteiger partial charge in [0.1, 0.15) is 5.75 Å². The Bertz CT molecular complexity index is 523. The van der Waals surface area contributed by atoms with Crippen molar-refractivity contribution in [1.29, 1.82) is 0 Å². The summed E-state index contributed by atoms with van der Waals surface area (Å²) in [6, 6.07) is 16.3. The van der Waals surface area contributed by atoms with E-state index in [-0.39, 0.29) is 6.10 Å². The number of hydrogen-bond donors (Lipinski definition) is 1. The first-order valence-electron chi connectivity index (χ1n) is 6.39. The van der Waals surface area contributed by atoms with Crippen LogP contribution in [0.3, 0.4) is 0 Å². The van der Waals surface area contributed by atoms with E-state index in [0.29, 0.717) is 0 Å². The van der Waals surface area contributed by atoms with Crippen molar-refractivity contribution in [1.82, 2.24) is 0 Å². The van der Waals surface area contributed by atoms with Gasteiger partial charge in [-0.2, -0.15) is 0 Å². The molecule has 0 heterocycles. The number of para-hydroxylation sites is 2. The monoisotopic (exact) mass is 319 g/mol. The lowest BCUT2D eigenvalue weighted by Crippen LogP contribution is -2.08. The molecule has 0 fully saturated rings. The van der Waals surface area contributed by atoms with Gasteiger partial charge in [0.25, 0.3) is 0 Å². The van der Waals surface area contributed by atoms with E-state index in [4.69, 9.17) is 4.74 Å². The van der Waals surface area contributed by atoms with Crippen LogP contribution in [0.15, 0.2) is 53.0 Å². The molecule has 0 atom stereocenters. The molecule has 0 aromatic heterocycles. The number of halogens is 1. The fourth-order valence-electron chi connectivity index (χ4n) is 1.77. The summed E-state index contributed by atoms with van der Waals surface area (Å²) in [6.07, 6.45) is 0.177. The smallest absolute Gasteiger partial charge is 0.142 e. The normalized spacial score (nSPS) is 10.5. The Kier molecular flexibility index (Phi) is 4.86. The van der Waals surface area contributed by atoms with E-state index in [1.54, 1.807) is 0 Å². The summed E-state index contributed by atoms with van der Waals surface area (Å²) in [5.74, 6) is 0.898. The number of nitrogens with one attached hydrogen (secondary N) is 1. The summed E-state index contributed by atoms with van der Waals surface area (Å²) >= 11 is 3.44. The van der Waals surface area contributed by atoms with E-state index in [0.717, 1.165) is 22.5 Å². The number of rotatable bonds is 5. The molecule has 2 rings (SSSR count). The van der Waals surface area contributed by atoms with Gasteiger partial charge in [0.15, 0.2) is 0 Å². The molecule has 0 unspecified atom stereocenters. The Balaban J connectivity index is 2.04. The molecule has 2 aromatic rings. The van der Waals surface area contributed by atoms with Crippen LogP contribution in [0.5, 0.6) is 5.75 Å². The Morgan fingerprint density at radius 3 is 2.42 bits per heavy atom. The lowest BCUT2D eigenvalue weighted by molar-refractivity contribution is 0.243. The average molecular weight is 320 g/mol. The second kappa shape index (κ2) is 6.62. The van der Waals surface area contributed by atoms with E-state index < -0.39 is 0 Å². The van der Waals surface area contributed by atoms with Gasteiger partial charge in [0, 0.05) is 11.0 Å². The first-order valence-corrected chi connectivity index (χ1v) is 7.18. The maximum absolute atomic E-state index is 5.78. The summed E-state index contributed by atoms with van der Waals surface area (Å²) in [5.41, 5.74) is 2.27. The third kappa shape index (κ3) is 4.28. The highest BCUT2D eigenvalue weighted by Gasteiger charge is 2.04. The number of anilines is 1. The summed E-state index contributed by atoms with van der Waals surface area (Å²) in [6.45, 7) is 4.85. The standard InChI is InChI=1S/C16H18BrNO/c1-12(2)19-16-6-4-3-5-15(16)18-11-13-7-9-14(17)10-8-13/h3-10,12,18H,11H2,1-2H3. The second-order valence-electron chi connectivity index (χ2n) is 4.64. The van der Waals surface area contributed by atoms with Crippen molar-refractivity contribution in [3.05, 3.63) is 58.6 Å². The van der Waals surface area contributed by atoms with E-state index in [9.17, 15) is 0 Å². The number of ether oxygens (including phenoxy) is 1. The van der Waals surface area contributed by atoms with Crippen molar-refractivity contribution in [3.8, 4) is 5.75 Å². The maximum Gasteiger partial charge on any atom is 0.142 e. The van der Waals surface area contributed by atoms with Gasteiger partial charge in [-0.25, -0.2) is 0 Å². The summed E-state index contributed by atoms with van der Waals surface area (Å²) < 4.78 is 6.88. The molecule has 0 radical (unpaired) electrons. The zero-order valence-corrected chi connectivity index (χ0v) is 12.8. The number of hydrogen-bond acceptors (Lipinski definition) is 2. The highest BCUT2D eigenvalue weighted by Crippen LogP contribution is 2.25. The highest BCUT2D eigenvalue weighted by atomic mass is 79.9. The Hall–Kier alpha value is -1.48. The minimum Gasteiger partial charge on any atom is -0.489 e. The third-order valence-corrected chi connectivity index (χ3v) is 3.17. The van der Waals surface area contributed by atoms with Crippen molar-refractivity contribution < 1.29 is 4.74 Å². The van der Waals surface area contributed by atoms with E-state index in [1.165, 1.54) is 5.56 Å². The summed E-state index contributed by atoms with van der Waals surface area (Å²) in [4.78, 5) is 0. The predicted molar refractivity (Wildman–Crippen MR) is 83.7 cm³/mol. The van der Waals surface area contributed by atoms with Crippen LogP contribution in [0.4, 0.5) is 5.69 Å². The van der Waals surface area contributed by atoms with Crippen molar-refractivity contribution in [2.75, 3.05) is 5.32 Å². The molecule has 0 aliphatic heterocycles. The Morgan fingerprint density at radius 1 is 1.05 bits per heavy atom. The number of benzene rings is 2. The largest absolute Gasteiger partial charge is 0.489 e. The zero-order valence-electron chi connectivity index (χ0n) is 11.2. The van der Waals surface area contributed by atoms with Crippen LogP contribution in [0.25, 0.3) is 0 Å². The van der Waals surface area contributed by atoms with E-state index in [1.807, 2.05) is 50.2 Å². The molecular formula is C16H18BrNO. The van der Waals surface area contributed by atoms with Gasteiger partial charge in [-0.3, -0.25) is 0 Å². The van der Waals surface area contributed by atoms with Crippen molar-refractivity contribution >= 4 is 21.6 Å². The van der Waals surface area contributed by atoms with E-state index >= 15 is 0 Å². The molecule has 0 saturated heterocycles. The minimum atomic E-state index is 0.177. The molecule has 100 valence electrons. The predicted octanol–water partition coefficient (Wildman–Crippen LogP) is 4.85. The maximum atomic E-state index is 5.78. The topological polar surface area (TPSA) is 21.3 Å². The van der Waals surface area contributed by atoms with Gasteiger partial charge < -0.3 is 10.1 Å². The molecule has 19 heavy (non-hydrogen) atoms. The lowest BCUT2D eigenvalue weighted by Gasteiger charge is -2.15. The SMILES string of the molecule is CC(C)Oc1ccccc1NCc1ccc(Br)cc1. The lowest BCUT2D eigenvalue weighted by atomic mass is 10.2. The Labute approximate surface area is 122 Å². The van der Waals surface area contributed by atoms with Gasteiger partial charge in [-0.1, -0.05) is 40.2 Å². The van der Waals surface area contributed by atoms with Crippen molar-refractivity contribution in [2.45, 2.75) is 26.5 Å². The molecule has 0 bridgehead atoms. The second-order valence-corrected chi connectivity index (χ2v) is 5.56. The van der Waals surface area contributed by atoms with Crippen LogP contribution in [0.1, 0.15) is 19.4 Å². The minimum absolute atomic E-state index is 0.177. The Morgan fingerprint density at radius 2 is 1.74 bits per heavy atom. The van der Waals surface area contributed by atoms with Crippen molar-refractivity contribution in [2.24, 2.45) is 0 Å². The molecule has 0 spiro atoms. The fourth-order valence-corrected chi connectivity index (χ4v) is 2.03. The quantitative estimate of drug-likeness (QED) is 0.850. The third-order valence-electron chi connectivity index (χ3n) is 2.65.